The molecule has 0 aromatic heterocycles. The minimum absolute atomic E-state index is 0.621. The van der Waals surface area contributed by atoms with E-state index in [4.69, 9.17) is 21.1 Å². The maximum atomic E-state index is 6.24. The van der Waals surface area contributed by atoms with Crippen molar-refractivity contribution in [2.45, 2.75) is 25.8 Å². The van der Waals surface area contributed by atoms with Gasteiger partial charge in [-0.2, -0.15) is 0 Å². The summed E-state index contributed by atoms with van der Waals surface area (Å²) >= 11 is 6.24. The number of nitrogens with zero attached hydrogens (tertiary/aromatic N) is 1. The second kappa shape index (κ2) is 7.04. The molecule has 1 N–H and O–H groups in total. The number of benzene rings is 1. The second-order valence-corrected chi connectivity index (χ2v) is 5.38. The Balaban J connectivity index is 2.15. The minimum atomic E-state index is 0.621. The van der Waals surface area contributed by atoms with Gasteiger partial charge in [-0.15, -0.1) is 0 Å². The number of methoxy groups -OCH3 is 2. The van der Waals surface area contributed by atoms with Crippen molar-refractivity contribution in [3.8, 4) is 11.5 Å². The highest BCUT2D eigenvalue weighted by atomic mass is 35.5. The summed E-state index contributed by atoms with van der Waals surface area (Å²) in [5.74, 6) is 1.46. The molecule has 5 heteroatoms. The van der Waals surface area contributed by atoms with Crippen LogP contribution >= 0.6 is 11.6 Å². The van der Waals surface area contributed by atoms with Gasteiger partial charge in [-0.25, -0.2) is 0 Å². The van der Waals surface area contributed by atoms with Crippen LogP contribution in [0, 0.1) is 0 Å². The van der Waals surface area contributed by atoms with Crippen LogP contribution < -0.4 is 19.7 Å². The zero-order valence-electron chi connectivity index (χ0n) is 12.4. The van der Waals surface area contributed by atoms with E-state index >= 15 is 0 Å². The molecule has 20 heavy (non-hydrogen) atoms. The molecule has 4 nitrogen and oxygen atoms in total. The minimum Gasteiger partial charge on any atom is -0.495 e. The molecule has 1 aliphatic rings. The predicted molar refractivity (Wildman–Crippen MR) is 83.5 cm³/mol. The Morgan fingerprint density at radius 3 is 2.40 bits per heavy atom. The maximum absolute atomic E-state index is 6.24. The number of ether oxygens (including phenoxy) is 2. The predicted octanol–water partition coefficient (Wildman–Crippen LogP) is 2.94. The molecule has 1 aliphatic heterocycles. The highest BCUT2D eigenvalue weighted by Gasteiger charge is 2.22. The first-order valence-corrected chi connectivity index (χ1v) is 7.47. The normalized spacial score (nSPS) is 16.3. The molecule has 0 aliphatic carbocycles. The van der Waals surface area contributed by atoms with Crippen LogP contribution in [-0.2, 0) is 0 Å². The third-order valence-electron chi connectivity index (χ3n) is 3.78. The van der Waals surface area contributed by atoms with Crippen molar-refractivity contribution < 1.29 is 9.47 Å². The van der Waals surface area contributed by atoms with E-state index in [1.54, 1.807) is 14.2 Å². The molecule has 0 unspecified atom stereocenters. The monoisotopic (exact) mass is 298 g/mol. The lowest BCUT2D eigenvalue weighted by Gasteiger charge is -2.34. The van der Waals surface area contributed by atoms with Crippen LogP contribution in [0.2, 0.25) is 5.02 Å². The summed E-state index contributed by atoms with van der Waals surface area (Å²) in [7, 11) is 3.29. The van der Waals surface area contributed by atoms with Gasteiger partial charge in [0, 0.05) is 25.2 Å². The van der Waals surface area contributed by atoms with Crippen molar-refractivity contribution in [3.05, 3.63) is 17.2 Å². The lowest BCUT2D eigenvalue weighted by Crippen LogP contribution is -2.42. The number of piperidine rings is 1. The number of anilines is 1. The van der Waals surface area contributed by atoms with Crippen LogP contribution in [0.25, 0.3) is 0 Å². The summed E-state index contributed by atoms with van der Waals surface area (Å²) in [6.07, 6.45) is 2.28. The molecule has 0 amide bonds. The van der Waals surface area contributed by atoms with Crippen LogP contribution in [0.5, 0.6) is 11.5 Å². The summed E-state index contributed by atoms with van der Waals surface area (Å²) in [4.78, 5) is 2.33. The molecule has 0 spiro atoms. The molecule has 0 atom stereocenters. The fourth-order valence-corrected chi connectivity index (χ4v) is 2.94. The van der Waals surface area contributed by atoms with Gasteiger partial charge in [-0.3, -0.25) is 0 Å². The van der Waals surface area contributed by atoms with Gasteiger partial charge in [-0.1, -0.05) is 18.5 Å². The molecule has 0 radical (unpaired) electrons. The molecule has 0 bridgehead atoms. The molecule has 112 valence electrons. The first kappa shape index (κ1) is 15.3. The van der Waals surface area contributed by atoms with E-state index in [9.17, 15) is 0 Å². The smallest absolute Gasteiger partial charge is 0.145 e. The Morgan fingerprint density at radius 2 is 1.85 bits per heavy atom. The van der Waals surface area contributed by atoms with Crippen molar-refractivity contribution in [3.63, 3.8) is 0 Å². The number of hydrogen-bond acceptors (Lipinski definition) is 4. The summed E-state index contributed by atoms with van der Waals surface area (Å²) in [5.41, 5.74) is 1.05. The van der Waals surface area contributed by atoms with Crippen LogP contribution in [0.15, 0.2) is 12.1 Å². The van der Waals surface area contributed by atoms with Gasteiger partial charge < -0.3 is 19.7 Å². The molecular weight excluding hydrogens is 276 g/mol. The zero-order chi connectivity index (χ0) is 14.5. The van der Waals surface area contributed by atoms with Gasteiger partial charge in [0.25, 0.3) is 0 Å². The molecule has 0 saturated carbocycles. The van der Waals surface area contributed by atoms with Crippen LogP contribution in [0.3, 0.4) is 0 Å². The highest BCUT2D eigenvalue weighted by Crippen LogP contribution is 2.38. The van der Waals surface area contributed by atoms with E-state index in [0.717, 1.165) is 43.9 Å². The topological polar surface area (TPSA) is 33.7 Å². The van der Waals surface area contributed by atoms with Gasteiger partial charge >= 0.3 is 0 Å². The molecule has 1 saturated heterocycles. The summed E-state index contributed by atoms with van der Waals surface area (Å²) in [6.45, 7) is 5.20. The Kier molecular flexibility index (Phi) is 5.38. The lowest BCUT2D eigenvalue weighted by molar-refractivity contribution is 0.389. The highest BCUT2D eigenvalue weighted by molar-refractivity contribution is 6.32. The van der Waals surface area contributed by atoms with Crippen LogP contribution in [0.4, 0.5) is 5.69 Å². The standard InChI is InChI=1S/C15H23ClN2O2/c1-4-17-11-5-7-18(8-6-11)13-9-12(16)14(19-2)10-15(13)20-3/h9-11,17H,4-8H2,1-3H3. The van der Waals surface area contributed by atoms with Gasteiger partial charge in [-0.05, 0) is 25.5 Å². The molecule has 2 rings (SSSR count). The van der Waals surface area contributed by atoms with Crippen molar-refractivity contribution >= 4 is 17.3 Å². The average Bonchev–Trinajstić information content (AvgIpc) is 2.48. The van der Waals surface area contributed by atoms with Crippen LogP contribution in [0.1, 0.15) is 19.8 Å². The average molecular weight is 299 g/mol. The Hall–Kier alpha value is -1.13. The van der Waals surface area contributed by atoms with E-state index in [0.29, 0.717) is 16.8 Å². The van der Waals surface area contributed by atoms with Gasteiger partial charge in [0.1, 0.15) is 11.5 Å². The molecular formula is C15H23ClN2O2. The zero-order valence-corrected chi connectivity index (χ0v) is 13.2. The van der Waals surface area contributed by atoms with Gasteiger partial charge in [0.05, 0.1) is 24.9 Å². The number of nitrogens with one attached hydrogen (secondary N) is 1. The Morgan fingerprint density at radius 1 is 1.20 bits per heavy atom. The Bertz CT molecular complexity index is 446. The lowest BCUT2D eigenvalue weighted by atomic mass is 10.0. The number of halogens is 1. The van der Waals surface area contributed by atoms with Crippen LogP contribution in [-0.4, -0.2) is 39.9 Å². The molecule has 1 aromatic carbocycles. The first-order chi connectivity index (χ1) is 9.69. The fraction of sp³-hybridized carbons (Fsp3) is 0.600. The first-order valence-electron chi connectivity index (χ1n) is 7.09. The largest absolute Gasteiger partial charge is 0.495 e. The van der Waals surface area contributed by atoms with Crippen molar-refractivity contribution in [1.29, 1.82) is 0 Å². The summed E-state index contributed by atoms with van der Waals surface area (Å²) in [5, 5.41) is 4.13. The summed E-state index contributed by atoms with van der Waals surface area (Å²) < 4.78 is 10.7. The van der Waals surface area contributed by atoms with E-state index < -0.39 is 0 Å². The van der Waals surface area contributed by atoms with Gasteiger partial charge in [0.2, 0.25) is 0 Å². The molecule has 1 fully saturated rings. The number of rotatable bonds is 5. The molecule has 1 heterocycles. The maximum Gasteiger partial charge on any atom is 0.145 e. The molecule has 1 aromatic rings. The van der Waals surface area contributed by atoms with E-state index in [1.165, 1.54) is 0 Å². The summed E-state index contributed by atoms with van der Waals surface area (Å²) in [6, 6.07) is 4.41. The third kappa shape index (κ3) is 3.30. The quantitative estimate of drug-likeness (QED) is 0.906. The number of hydrogen-bond donors (Lipinski definition) is 1. The van der Waals surface area contributed by atoms with E-state index in [-0.39, 0.29) is 0 Å². The third-order valence-corrected chi connectivity index (χ3v) is 4.08. The van der Waals surface area contributed by atoms with Gasteiger partial charge in [0.15, 0.2) is 0 Å². The Labute approximate surface area is 126 Å². The fourth-order valence-electron chi connectivity index (χ4n) is 2.70. The SMILES string of the molecule is CCNC1CCN(c2cc(Cl)c(OC)cc2OC)CC1. The van der Waals surface area contributed by atoms with E-state index in [2.05, 4.69) is 17.1 Å². The van der Waals surface area contributed by atoms with Crippen molar-refractivity contribution in [2.24, 2.45) is 0 Å². The van der Waals surface area contributed by atoms with E-state index in [1.807, 2.05) is 12.1 Å². The second-order valence-electron chi connectivity index (χ2n) is 4.98. The van der Waals surface area contributed by atoms with Crippen molar-refractivity contribution in [2.75, 3.05) is 38.8 Å². The van der Waals surface area contributed by atoms with Crippen molar-refractivity contribution in [1.82, 2.24) is 5.32 Å².